The highest BCUT2D eigenvalue weighted by atomic mass is 16.6. The number of carbonyl (C=O) groups is 1. The molecule has 2 aromatic carbocycles. The fraction of sp³-hybridized carbons (Fsp3) is 0.333. The Hall–Kier alpha value is -3.36. The van der Waals surface area contributed by atoms with Crippen molar-refractivity contribution < 1.29 is 19.4 Å². The molecule has 8 heteroatoms. The summed E-state index contributed by atoms with van der Waals surface area (Å²) in [5.74, 6) is 0.547. The van der Waals surface area contributed by atoms with Gasteiger partial charge in [-0.1, -0.05) is 36.4 Å². The molecule has 0 saturated heterocycles. The molecule has 8 nitrogen and oxygen atoms in total. The van der Waals surface area contributed by atoms with Crippen molar-refractivity contribution in [3.63, 3.8) is 0 Å². The van der Waals surface area contributed by atoms with Crippen LogP contribution in [0.1, 0.15) is 37.4 Å². The van der Waals surface area contributed by atoms with Crippen LogP contribution < -0.4 is 15.8 Å². The fourth-order valence-corrected chi connectivity index (χ4v) is 3.84. The minimum atomic E-state index is -0.607. The SMILES string of the molecule is NCC(OC(=O)Nc1ccc(-c2cn[nH]c2)cc1OC1CCC(O)CC1)c1ccccc1. The number of aliphatic hydroxyl groups excluding tert-OH is 1. The van der Waals surface area contributed by atoms with E-state index >= 15 is 0 Å². The molecule has 1 aliphatic rings. The number of hydrogen-bond donors (Lipinski definition) is 4. The number of nitrogens with zero attached hydrogens (tertiary/aromatic N) is 1. The smallest absolute Gasteiger partial charge is 0.412 e. The van der Waals surface area contributed by atoms with E-state index in [0.717, 1.165) is 29.5 Å². The third kappa shape index (κ3) is 5.46. The first kappa shape index (κ1) is 21.9. The molecular formula is C24H28N4O4. The van der Waals surface area contributed by atoms with Gasteiger partial charge in [-0.25, -0.2) is 4.79 Å². The number of hydrogen-bond acceptors (Lipinski definition) is 6. The van der Waals surface area contributed by atoms with Gasteiger partial charge in [0.05, 0.1) is 24.1 Å². The van der Waals surface area contributed by atoms with Gasteiger partial charge in [-0.15, -0.1) is 0 Å². The molecule has 1 unspecified atom stereocenters. The van der Waals surface area contributed by atoms with Crippen LogP contribution in [0.15, 0.2) is 60.9 Å². The highest BCUT2D eigenvalue weighted by Crippen LogP contribution is 2.34. The van der Waals surface area contributed by atoms with Gasteiger partial charge < -0.3 is 20.3 Å². The first-order valence-electron chi connectivity index (χ1n) is 10.8. The molecule has 0 aliphatic heterocycles. The maximum Gasteiger partial charge on any atom is 0.412 e. The van der Waals surface area contributed by atoms with Crippen molar-refractivity contribution in [1.29, 1.82) is 0 Å². The topological polar surface area (TPSA) is 122 Å². The molecule has 0 radical (unpaired) electrons. The minimum Gasteiger partial charge on any atom is -0.488 e. The van der Waals surface area contributed by atoms with Crippen LogP contribution in [0.4, 0.5) is 10.5 Å². The zero-order valence-corrected chi connectivity index (χ0v) is 17.7. The lowest BCUT2D eigenvalue weighted by Gasteiger charge is -2.27. The Labute approximate surface area is 186 Å². The minimum absolute atomic E-state index is 0.0318. The predicted octanol–water partition coefficient (Wildman–Crippen LogP) is 4.01. The van der Waals surface area contributed by atoms with Crippen molar-refractivity contribution in [2.24, 2.45) is 5.73 Å². The van der Waals surface area contributed by atoms with Crippen molar-refractivity contribution in [3.05, 3.63) is 66.5 Å². The van der Waals surface area contributed by atoms with Gasteiger partial charge in [-0.05, 0) is 48.9 Å². The molecule has 1 aliphatic carbocycles. The zero-order valence-electron chi connectivity index (χ0n) is 17.7. The number of amides is 1. The molecule has 0 spiro atoms. The molecule has 1 amide bonds. The van der Waals surface area contributed by atoms with Gasteiger partial charge in [0, 0.05) is 18.3 Å². The normalized spacial score (nSPS) is 19.2. The number of H-pyrrole nitrogens is 1. The molecule has 1 heterocycles. The second kappa shape index (κ2) is 10.3. The van der Waals surface area contributed by atoms with Gasteiger partial charge in [-0.2, -0.15) is 5.10 Å². The van der Waals surface area contributed by atoms with Gasteiger partial charge >= 0.3 is 6.09 Å². The van der Waals surface area contributed by atoms with Crippen LogP contribution in [-0.2, 0) is 4.74 Å². The van der Waals surface area contributed by atoms with Crippen LogP contribution in [0, 0.1) is 0 Å². The van der Waals surface area contributed by atoms with E-state index in [1.54, 1.807) is 18.5 Å². The number of anilines is 1. The van der Waals surface area contributed by atoms with Crippen LogP contribution >= 0.6 is 0 Å². The fourth-order valence-electron chi connectivity index (χ4n) is 3.84. The van der Waals surface area contributed by atoms with Gasteiger partial charge in [0.1, 0.15) is 11.9 Å². The lowest BCUT2D eigenvalue weighted by atomic mass is 9.95. The maximum absolute atomic E-state index is 12.7. The molecule has 168 valence electrons. The van der Waals surface area contributed by atoms with Gasteiger partial charge in [0.15, 0.2) is 0 Å². The highest BCUT2D eigenvalue weighted by Gasteiger charge is 2.23. The summed E-state index contributed by atoms with van der Waals surface area (Å²) in [4.78, 5) is 12.7. The van der Waals surface area contributed by atoms with E-state index < -0.39 is 12.2 Å². The standard InChI is InChI=1S/C24H28N4O4/c25-13-23(16-4-2-1-3-5-16)32-24(30)28-21-11-6-17(18-14-26-27-15-18)12-22(21)31-20-9-7-19(29)8-10-20/h1-6,11-12,14-15,19-20,23,29H,7-10,13,25H2,(H,26,27)(H,28,30). The Morgan fingerprint density at radius 3 is 2.62 bits per heavy atom. The van der Waals surface area contributed by atoms with E-state index in [1.165, 1.54) is 0 Å². The molecule has 1 fully saturated rings. The van der Waals surface area contributed by atoms with Gasteiger partial charge in [-0.3, -0.25) is 10.4 Å². The Balaban J connectivity index is 1.51. The van der Waals surface area contributed by atoms with Crippen molar-refractivity contribution in [1.82, 2.24) is 10.2 Å². The second-order valence-electron chi connectivity index (χ2n) is 7.91. The number of aromatic amines is 1. The Kier molecular flexibility index (Phi) is 7.03. The Morgan fingerprint density at radius 2 is 1.94 bits per heavy atom. The van der Waals surface area contributed by atoms with Crippen LogP contribution in [0.25, 0.3) is 11.1 Å². The third-order valence-corrected chi connectivity index (χ3v) is 5.62. The summed E-state index contributed by atoms with van der Waals surface area (Å²) in [5, 5.41) is 19.4. The maximum atomic E-state index is 12.7. The largest absolute Gasteiger partial charge is 0.488 e. The summed E-state index contributed by atoms with van der Waals surface area (Å²) in [6, 6.07) is 14.9. The molecule has 1 atom stereocenters. The van der Waals surface area contributed by atoms with Crippen molar-refractivity contribution in [2.45, 2.75) is 44.0 Å². The average Bonchev–Trinajstić information content (AvgIpc) is 3.36. The van der Waals surface area contributed by atoms with Crippen LogP contribution in [0.2, 0.25) is 0 Å². The Morgan fingerprint density at radius 1 is 1.16 bits per heavy atom. The van der Waals surface area contributed by atoms with Gasteiger partial charge in [0.2, 0.25) is 0 Å². The summed E-state index contributed by atoms with van der Waals surface area (Å²) < 4.78 is 11.8. The van der Waals surface area contributed by atoms with E-state index in [2.05, 4.69) is 15.5 Å². The van der Waals surface area contributed by atoms with E-state index in [-0.39, 0.29) is 18.8 Å². The molecule has 1 saturated carbocycles. The summed E-state index contributed by atoms with van der Waals surface area (Å²) in [6.45, 7) is 0.171. The predicted molar refractivity (Wildman–Crippen MR) is 121 cm³/mol. The van der Waals surface area contributed by atoms with Crippen molar-refractivity contribution in [3.8, 4) is 16.9 Å². The first-order valence-corrected chi connectivity index (χ1v) is 10.8. The first-order chi connectivity index (χ1) is 15.6. The number of aliphatic hydroxyl groups is 1. The highest BCUT2D eigenvalue weighted by molar-refractivity contribution is 5.88. The number of nitrogens with two attached hydrogens (primary N) is 1. The van der Waals surface area contributed by atoms with E-state index in [0.29, 0.717) is 24.3 Å². The molecule has 4 rings (SSSR count). The number of benzene rings is 2. The van der Waals surface area contributed by atoms with Crippen LogP contribution in [-0.4, -0.2) is 40.1 Å². The van der Waals surface area contributed by atoms with Crippen molar-refractivity contribution in [2.75, 3.05) is 11.9 Å². The Bertz CT molecular complexity index is 1000. The van der Waals surface area contributed by atoms with E-state index in [1.807, 2.05) is 42.5 Å². The van der Waals surface area contributed by atoms with Crippen LogP contribution in [0.5, 0.6) is 5.75 Å². The molecule has 0 bridgehead atoms. The number of nitrogens with one attached hydrogen (secondary N) is 2. The monoisotopic (exact) mass is 436 g/mol. The molecule has 5 N–H and O–H groups in total. The summed E-state index contributed by atoms with van der Waals surface area (Å²) in [6.07, 6.45) is 4.97. The number of rotatable bonds is 7. The lowest BCUT2D eigenvalue weighted by Crippen LogP contribution is -2.27. The molecule has 1 aromatic heterocycles. The van der Waals surface area contributed by atoms with Crippen molar-refractivity contribution >= 4 is 11.8 Å². The van der Waals surface area contributed by atoms with E-state index in [9.17, 15) is 9.90 Å². The summed E-state index contributed by atoms with van der Waals surface area (Å²) >= 11 is 0. The zero-order chi connectivity index (χ0) is 22.3. The molecule has 32 heavy (non-hydrogen) atoms. The molecular weight excluding hydrogens is 408 g/mol. The molecule has 3 aromatic rings. The quantitative estimate of drug-likeness (QED) is 0.444. The van der Waals surface area contributed by atoms with Crippen LogP contribution in [0.3, 0.4) is 0 Å². The number of ether oxygens (including phenoxy) is 2. The average molecular weight is 437 g/mol. The lowest BCUT2D eigenvalue weighted by molar-refractivity contribution is 0.0669. The second-order valence-corrected chi connectivity index (χ2v) is 7.91. The summed E-state index contributed by atoms with van der Waals surface area (Å²) in [5.41, 5.74) is 8.99. The summed E-state index contributed by atoms with van der Waals surface area (Å²) in [7, 11) is 0. The number of carbonyl (C=O) groups excluding carboxylic acids is 1. The van der Waals surface area contributed by atoms with E-state index in [4.69, 9.17) is 15.2 Å². The number of aromatic nitrogens is 2. The van der Waals surface area contributed by atoms with Gasteiger partial charge in [0.25, 0.3) is 0 Å². The third-order valence-electron chi connectivity index (χ3n) is 5.62.